The first-order chi connectivity index (χ1) is 6.54. The molecular weight excluding hydrogens is 208 g/mol. The van der Waals surface area contributed by atoms with E-state index >= 15 is 0 Å². The molecule has 0 aromatic carbocycles. The topological polar surface area (TPSA) is 52.6 Å². The van der Waals surface area contributed by atoms with Crippen molar-refractivity contribution < 1.29 is 19.1 Å². The van der Waals surface area contributed by atoms with Crippen LogP contribution in [0.25, 0.3) is 0 Å². The second-order valence-corrected chi connectivity index (χ2v) is 2.65. The molecule has 1 atom stereocenters. The molecule has 0 radical (unpaired) electrons. The van der Waals surface area contributed by atoms with Crippen molar-refractivity contribution in [2.24, 2.45) is 0 Å². The molecule has 0 bridgehead atoms. The number of halogens is 1. The highest BCUT2D eigenvalue weighted by Crippen LogP contribution is 2.11. The van der Waals surface area contributed by atoms with Gasteiger partial charge in [0.2, 0.25) is 0 Å². The number of hydrogen-bond acceptors (Lipinski definition) is 4. The highest BCUT2D eigenvalue weighted by atomic mass is 35.5. The van der Waals surface area contributed by atoms with Crippen LogP contribution >= 0.6 is 11.6 Å². The molecule has 0 aliphatic carbocycles. The van der Waals surface area contributed by atoms with E-state index in [4.69, 9.17) is 11.6 Å². The van der Waals surface area contributed by atoms with Crippen molar-refractivity contribution in [2.75, 3.05) is 6.61 Å². The molecule has 0 aliphatic heterocycles. The molecule has 0 aromatic rings. The summed E-state index contributed by atoms with van der Waals surface area (Å²) in [4.78, 5) is 22.1. The maximum Gasteiger partial charge on any atom is 0.335 e. The van der Waals surface area contributed by atoms with E-state index in [0.29, 0.717) is 0 Å². The number of hydrogen-bond donors (Lipinski definition) is 0. The van der Waals surface area contributed by atoms with Crippen LogP contribution in [0.1, 0.15) is 6.92 Å². The van der Waals surface area contributed by atoms with Crippen LogP contribution in [0.15, 0.2) is 25.0 Å². The minimum atomic E-state index is -1.24. The summed E-state index contributed by atoms with van der Waals surface area (Å²) in [7, 11) is 0. The van der Waals surface area contributed by atoms with Crippen LogP contribution in [0, 0.1) is 0 Å². The van der Waals surface area contributed by atoms with Crippen LogP contribution < -0.4 is 0 Å². The molecule has 0 rings (SSSR count). The standard InChI is InChI=1S/C9H11ClO4/c1-4-13-8(11)6(3)7(10)9(12)14-5-2/h5,7H,2-4H2,1H3. The van der Waals surface area contributed by atoms with Gasteiger partial charge in [-0.05, 0) is 6.92 Å². The van der Waals surface area contributed by atoms with E-state index in [9.17, 15) is 9.59 Å². The maximum atomic E-state index is 11.1. The van der Waals surface area contributed by atoms with E-state index in [2.05, 4.69) is 22.6 Å². The maximum absolute atomic E-state index is 11.1. The largest absolute Gasteiger partial charge is 0.463 e. The van der Waals surface area contributed by atoms with Gasteiger partial charge in [-0.2, -0.15) is 0 Å². The van der Waals surface area contributed by atoms with Crippen LogP contribution in [-0.4, -0.2) is 23.9 Å². The Morgan fingerprint density at radius 3 is 2.57 bits per heavy atom. The molecule has 0 fully saturated rings. The Balaban J connectivity index is 4.30. The van der Waals surface area contributed by atoms with E-state index in [1.165, 1.54) is 0 Å². The van der Waals surface area contributed by atoms with Crippen LogP contribution in [0.4, 0.5) is 0 Å². The lowest BCUT2D eigenvalue weighted by atomic mass is 10.2. The Hall–Kier alpha value is -1.29. The zero-order valence-electron chi connectivity index (χ0n) is 7.79. The van der Waals surface area contributed by atoms with Crippen molar-refractivity contribution in [1.82, 2.24) is 0 Å². The van der Waals surface area contributed by atoms with Gasteiger partial charge in [-0.15, -0.1) is 11.6 Å². The molecule has 0 amide bonds. The van der Waals surface area contributed by atoms with Crippen LogP contribution in [0.3, 0.4) is 0 Å². The molecule has 1 unspecified atom stereocenters. The van der Waals surface area contributed by atoms with Gasteiger partial charge < -0.3 is 9.47 Å². The molecule has 0 saturated heterocycles. The van der Waals surface area contributed by atoms with Crippen LogP contribution in [0.2, 0.25) is 0 Å². The monoisotopic (exact) mass is 218 g/mol. The second kappa shape index (κ2) is 6.21. The van der Waals surface area contributed by atoms with E-state index in [1.54, 1.807) is 6.92 Å². The van der Waals surface area contributed by atoms with Gasteiger partial charge in [-0.1, -0.05) is 13.2 Å². The van der Waals surface area contributed by atoms with Gasteiger partial charge in [0.15, 0.2) is 5.38 Å². The lowest BCUT2D eigenvalue weighted by molar-refractivity contribution is -0.142. The van der Waals surface area contributed by atoms with E-state index in [1.807, 2.05) is 0 Å². The van der Waals surface area contributed by atoms with Crippen LogP contribution in [-0.2, 0) is 19.1 Å². The summed E-state index contributed by atoms with van der Waals surface area (Å²) in [6.07, 6.45) is 0.927. The van der Waals surface area contributed by atoms with E-state index < -0.39 is 17.3 Å². The zero-order chi connectivity index (χ0) is 11.1. The van der Waals surface area contributed by atoms with E-state index in [0.717, 1.165) is 6.26 Å². The number of alkyl halides is 1. The highest BCUT2D eigenvalue weighted by Gasteiger charge is 2.25. The summed E-state index contributed by atoms with van der Waals surface area (Å²) in [5, 5.41) is -1.24. The summed E-state index contributed by atoms with van der Waals surface area (Å²) in [6.45, 7) is 8.34. The number of esters is 2. The fraction of sp³-hybridized carbons (Fsp3) is 0.333. The van der Waals surface area contributed by atoms with Crippen molar-refractivity contribution in [2.45, 2.75) is 12.3 Å². The number of ether oxygens (including phenoxy) is 2. The molecule has 0 aliphatic rings. The summed E-state index contributed by atoms with van der Waals surface area (Å²) in [6, 6.07) is 0. The number of carbonyl (C=O) groups excluding carboxylic acids is 2. The third kappa shape index (κ3) is 3.62. The first-order valence-corrected chi connectivity index (χ1v) is 4.29. The first kappa shape index (κ1) is 12.7. The van der Waals surface area contributed by atoms with Crippen molar-refractivity contribution in [1.29, 1.82) is 0 Å². The molecule has 5 heteroatoms. The molecule has 0 spiro atoms. The van der Waals surface area contributed by atoms with Gasteiger partial charge in [0.25, 0.3) is 0 Å². The molecular formula is C9H11ClO4. The number of rotatable bonds is 5. The van der Waals surface area contributed by atoms with Gasteiger partial charge in [-0.3, -0.25) is 0 Å². The molecule has 0 saturated carbocycles. The summed E-state index contributed by atoms with van der Waals surface area (Å²) >= 11 is 5.57. The Morgan fingerprint density at radius 1 is 1.57 bits per heavy atom. The van der Waals surface area contributed by atoms with Gasteiger partial charge in [0.1, 0.15) is 0 Å². The zero-order valence-corrected chi connectivity index (χ0v) is 8.54. The van der Waals surface area contributed by atoms with Gasteiger partial charge in [0.05, 0.1) is 18.4 Å². The third-order valence-corrected chi connectivity index (χ3v) is 1.69. The SMILES string of the molecule is C=COC(=O)C(Cl)C(=C)C(=O)OCC. The Bertz CT molecular complexity index is 260. The van der Waals surface area contributed by atoms with E-state index in [-0.39, 0.29) is 12.2 Å². The summed E-state index contributed by atoms with van der Waals surface area (Å²) < 4.78 is 8.97. The van der Waals surface area contributed by atoms with Crippen LogP contribution in [0.5, 0.6) is 0 Å². The fourth-order valence-corrected chi connectivity index (χ4v) is 0.752. The first-order valence-electron chi connectivity index (χ1n) is 3.86. The van der Waals surface area contributed by atoms with Crippen molar-refractivity contribution >= 4 is 23.5 Å². The third-order valence-electron chi connectivity index (χ3n) is 1.25. The Labute approximate surface area is 87.1 Å². The summed E-state index contributed by atoms with van der Waals surface area (Å²) in [5.41, 5.74) is -0.152. The van der Waals surface area contributed by atoms with Gasteiger partial charge in [-0.25, -0.2) is 9.59 Å². The smallest absolute Gasteiger partial charge is 0.335 e. The minimum absolute atomic E-state index is 0.152. The molecule has 14 heavy (non-hydrogen) atoms. The highest BCUT2D eigenvalue weighted by molar-refractivity contribution is 6.34. The quantitative estimate of drug-likeness (QED) is 0.303. The average Bonchev–Trinajstić information content (AvgIpc) is 2.16. The van der Waals surface area contributed by atoms with Gasteiger partial charge >= 0.3 is 11.9 Å². The van der Waals surface area contributed by atoms with Gasteiger partial charge in [0, 0.05) is 0 Å². The number of carbonyl (C=O) groups is 2. The van der Waals surface area contributed by atoms with Crippen molar-refractivity contribution in [3.63, 3.8) is 0 Å². The predicted octanol–water partition coefficient (Wildman–Crippen LogP) is 1.40. The Kier molecular flexibility index (Phi) is 5.64. The van der Waals surface area contributed by atoms with Crippen molar-refractivity contribution in [3.8, 4) is 0 Å². The fourth-order valence-electron chi connectivity index (χ4n) is 0.611. The molecule has 78 valence electrons. The predicted molar refractivity (Wildman–Crippen MR) is 51.7 cm³/mol. The molecule has 0 aromatic heterocycles. The second-order valence-electron chi connectivity index (χ2n) is 2.21. The molecule has 0 heterocycles. The average molecular weight is 219 g/mol. The minimum Gasteiger partial charge on any atom is -0.463 e. The summed E-state index contributed by atoms with van der Waals surface area (Å²) in [5.74, 6) is -1.52. The molecule has 0 N–H and O–H groups in total. The normalized spacial score (nSPS) is 11.3. The lowest BCUT2D eigenvalue weighted by Gasteiger charge is -2.09. The Morgan fingerprint density at radius 2 is 2.14 bits per heavy atom. The molecule has 4 nitrogen and oxygen atoms in total. The lowest BCUT2D eigenvalue weighted by Crippen LogP contribution is -2.23. The van der Waals surface area contributed by atoms with Crippen molar-refractivity contribution in [3.05, 3.63) is 25.0 Å².